The molecule has 0 amide bonds. The summed E-state index contributed by atoms with van der Waals surface area (Å²) in [5.41, 5.74) is 0. The summed E-state index contributed by atoms with van der Waals surface area (Å²) < 4.78 is 17.6. The molecule has 0 aliphatic rings. The number of benzene rings is 3. The number of rotatable bonds is 3. The van der Waals surface area contributed by atoms with E-state index in [4.69, 9.17) is 0 Å². The molecular weight excluding hydrogens is 310 g/mol. The molecule has 0 aliphatic carbocycles. The van der Waals surface area contributed by atoms with E-state index in [-0.39, 0.29) is 5.82 Å². The zero-order valence-corrected chi connectivity index (χ0v) is 12.8. The summed E-state index contributed by atoms with van der Waals surface area (Å²) >= 11 is -1.81. The summed E-state index contributed by atoms with van der Waals surface area (Å²) in [5.74, 6) is -0.0970. The van der Waals surface area contributed by atoms with Crippen LogP contribution in [0.2, 0.25) is 0 Å². The summed E-state index contributed by atoms with van der Waals surface area (Å²) in [6.45, 7) is 0. The van der Waals surface area contributed by atoms with E-state index in [2.05, 4.69) is 24.3 Å². The monoisotopic (exact) mass is 324 g/mol. The molecule has 98 valence electrons. The molecule has 0 saturated carbocycles. The van der Waals surface area contributed by atoms with Gasteiger partial charge in [-0.3, -0.25) is 0 Å². The minimum absolute atomic E-state index is 0.0970. The van der Waals surface area contributed by atoms with Crippen LogP contribution in [-0.4, -0.2) is 14.7 Å². The summed E-state index contributed by atoms with van der Waals surface area (Å²) in [6, 6.07) is 27.7. The van der Waals surface area contributed by atoms with E-state index in [1.165, 1.54) is 8.70 Å². The van der Waals surface area contributed by atoms with Crippen molar-refractivity contribution in [3.8, 4) is 0 Å². The Morgan fingerprint density at radius 2 is 1.00 bits per heavy atom. The molecule has 3 aromatic carbocycles. The van der Waals surface area contributed by atoms with E-state index in [0.29, 0.717) is 0 Å². The van der Waals surface area contributed by atoms with E-state index >= 15 is 0 Å². The van der Waals surface area contributed by atoms with Crippen molar-refractivity contribution in [2.45, 2.75) is 0 Å². The molecule has 0 N–H and O–H groups in total. The fraction of sp³-hybridized carbons (Fsp3) is 0. The van der Waals surface area contributed by atoms with Crippen LogP contribution in [0.4, 0.5) is 4.39 Å². The number of halogens is 1. The first-order chi connectivity index (χ1) is 9.86. The predicted molar refractivity (Wildman–Crippen MR) is 83.9 cm³/mol. The van der Waals surface area contributed by atoms with E-state index in [9.17, 15) is 4.39 Å². The van der Waals surface area contributed by atoms with Gasteiger partial charge in [-0.15, -0.1) is 0 Å². The quantitative estimate of drug-likeness (QED) is 0.649. The summed E-state index contributed by atoms with van der Waals surface area (Å²) in [6.07, 6.45) is 0. The maximum absolute atomic E-state index is 14.2. The van der Waals surface area contributed by atoms with Gasteiger partial charge in [-0.2, -0.15) is 0 Å². The van der Waals surface area contributed by atoms with Crippen molar-refractivity contribution < 1.29 is 4.39 Å². The van der Waals surface area contributed by atoms with Crippen molar-refractivity contribution in [1.82, 2.24) is 0 Å². The Labute approximate surface area is 123 Å². The maximum atomic E-state index is 14.2. The van der Waals surface area contributed by atoms with Crippen LogP contribution in [0.3, 0.4) is 0 Å². The molecule has 0 radical (unpaired) electrons. The van der Waals surface area contributed by atoms with Crippen LogP contribution in [0, 0.1) is 5.82 Å². The molecule has 0 fully saturated rings. The average molecular weight is 324 g/mol. The zero-order chi connectivity index (χ0) is 13.8. The molecule has 0 unspecified atom stereocenters. The second-order valence-corrected chi connectivity index (χ2v) is 9.04. The van der Waals surface area contributed by atoms with Crippen molar-refractivity contribution in [2.24, 2.45) is 0 Å². The Balaban J connectivity index is 2.17. The Morgan fingerprint density at radius 3 is 1.50 bits per heavy atom. The van der Waals surface area contributed by atoms with E-state index in [1.54, 1.807) is 12.1 Å². The topological polar surface area (TPSA) is 0 Å². The van der Waals surface area contributed by atoms with Gasteiger partial charge in [-0.25, -0.2) is 0 Å². The van der Waals surface area contributed by atoms with Gasteiger partial charge in [0, 0.05) is 0 Å². The SMILES string of the molecule is Fc1ccccc1[As](c1ccccc1)c1ccccc1. The molecule has 0 atom stereocenters. The third-order valence-corrected chi connectivity index (χ3v) is 8.31. The van der Waals surface area contributed by atoms with Gasteiger partial charge in [-0.1, -0.05) is 0 Å². The minimum atomic E-state index is -1.81. The number of hydrogen-bond donors (Lipinski definition) is 0. The van der Waals surface area contributed by atoms with Crippen LogP contribution >= 0.6 is 0 Å². The van der Waals surface area contributed by atoms with Crippen LogP contribution in [0.15, 0.2) is 84.9 Å². The van der Waals surface area contributed by atoms with Crippen LogP contribution in [0.25, 0.3) is 0 Å². The van der Waals surface area contributed by atoms with Gasteiger partial charge in [0.15, 0.2) is 0 Å². The van der Waals surface area contributed by atoms with Crippen LogP contribution in [-0.2, 0) is 0 Å². The fourth-order valence-corrected chi connectivity index (χ4v) is 7.08. The molecule has 20 heavy (non-hydrogen) atoms. The van der Waals surface area contributed by atoms with E-state index in [0.717, 1.165) is 4.35 Å². The first kappa shape index (κ1) is 13.1. The van der Waals surface area contributed by atoms with E-state index in [1.807, 2.05) is 48.5 Å². The summed E-state index contributed by atoms with van der Waals surface area (Å²) in [4.78, 5) is 0. The van der Waals surface area contributed by atoms with Gasteiger partial charge in [0.05, 0.1) is 0 Å². The van der Waals surface area contributed by atoms with Crippen molar-refractivity contribution in [3.63, 3.8) is 0 Å². The summed E-state index contributed by atoms with van der Waals surface area (Å²) in [7, 11) is 0. The molecule has 0 aromatic heterocycles. The molecule has 0 bridgehead atoms. The normalized spacial score (nSPS) is 10.7. The molecule has 0 spiro atoms. The van der Waals surface area contributed by atoms with Gasteiger partial charge < -0.3 is 0 Å². The second kappa shape index (κ2) is 6.07. The van der Waals surface area contributed by atoms with Crippen LogP contribution < -0.4 is 13.1 Å². The third kappa shape index (κ3) is 2.69. The van der Waals surface area contributed by atoms with Crippen LogP contribution in [0.5, 0.6) is 0 Å². The standard InChI is InChI=1S/C18H14AsF/c20-18-14-8-7-13-17(18)19(15-9-3-1-4-10-15)16-11-5-2-6-12-16/h1-14H. The molecular formula is C18H14AsF. The molecule has 0 saturated heterocycles. The van der Waals surface area contributed by atoms with Crippen molar-refractivity contribution in [2.75, 3.05) is 0 Å². The molecule has 0 heterocycles. The van der Waals surface area contributed by atoms with E-state index < -0.39 is 14.7 Å². The molecule has 0 nitrogen and oxygen atoms in total. The summed E-state index contributed by atoms with van der Waals surface area (Å²) in [5, 5.41) is 0. The number of hydrogen-bond acceptors (Lipinski definition) is 0. The molecule has 0 aliphatic heterocycles. The van der Waals surface area contributed by atoms with Crippen molar-refractivity contribution >= 4 is 27.7 Å². The van der Waals surface area contributed by atoms with Gasteiger partial charge >= 0.3 is 123 Å². The molecule has 2 heteroatoms. The predicted octanol–water partition coefficient (Wildman–Crippen LogP) is 2.34. The Bertz CT molecular complexity index is 641. The molecule has 3 aromatic rings. The average Bonchev–Trinajstić information content (AvgIpc) is 2.52. The fourth-order valence-electron chi connectivity index (χ4n) is 2.21. The zero-order valence-electron chi connectivity index (χ0n) is 10.9. The third-order valence-electron chi connectivity index (χ3n) is 3.12. The first-order valence-electron chi connectivity index (χ1n) is 6.51. The van der Waals surface area contributed by atoms with Crippen molar-refractivity contribution in [3.05, 3.63) is 90.7 Å². The Morgan fingerprint density at radius 1 is 0.550 bits per heavy atom. The molecule has 3 rings (SSSR count). The Hall–Kier alpha value is -1.85. The first-order valence-corrected chi connectivity index (χ1v) is 9.32. The van der Waals surface area contributed by atoms with Gasteiger partial charge in [0.2, 0.25) is 0 Å². The van der Waals surface area contributed by atoms with Gasteiger partial charge in [0.25, 0.3) is 0 Å². The van der Waals surface area contributed by atoms with Gasteiger partial charge in [0.1, 0.15) is 0 Å². The Kier molecular flexibility index (Phi) is 3.99. The van der Waals surface area contributed by atoms with Crippen molar-refractivity contribution in [1.29, 1.82) is 0 Å². The van der Waals surface area contributed by atoms with Crippen LogP contribution in [0.1, 0.15) is 0 Å². The van der Waals surface area contributed by atoms with Gasteiger partial charge in [-0.05, 0) is 0 Å². The second-order valence-electron chi connectivity index (χ2n) is 4.46.